The third kappa shape index (κ3) is 5.08. The van der Waals surface area contributed by atoms with Gasteiger partial charge in [0.05, 0.1) is 4.90 Å². The Bertz CT molecular complexity index is 980. The zero-order valence-corrected chi connectivity index (χ0v) is 18.7. The minimum absolute atomic E-state index is 0.00689. The van der Waals surface area contributed by atoms with Gasteiger partial charge in [-0.05, 0) is 69.4 Å². The van der Waals surface area contributed by atoms with E-state index in [0.29, 0.717) is 5.75 Å². The first-order valence-corrected chi connectivity index (χ1v) is 11.8. The Kier molecular flexibility index (Phi) is 7.03. The average Bonchev–Trinajstić information content (AvgIpc) is 2.78. The molecule has 1 fully saturated rings. The minimum Gasteiger partial charge on any atom is -0.488 e. The van der Waals surface area contributed by atoms with Crippen LogP contribution in [0.4, 0.5) is 0 Å². The van der Waals surface area contributed by atoms with Crippen molar-refractivity contribution in [3.8, 4) is 5.75 Å². The fourth-order valence-electron chi connectivity index (χ4n) is 3.79. The van der Waals surface area contributed by atoms with Crippen LogP contribution in [-0.2, 0) is 25.8 Å². The van der Waals surface area contributed by atoms with E-state index in [-0.39, 0.29) is 31.0 Å². The molecule has 1 heterocycles. The van der Waals surface area contributed by atoms with E-state index >= 15 is 0 Å². The highest BCUT2D eigenvalue weighted by atomic mass is 32.2. The summed E-state index contributed by atoms with van der Waals surface area (Å²) in [6.07, 6.45) is 1.61. The van der Waals surface area contributed by atoms with Gasteiger partial charge >= 0.3 is 0 Å². The Morgan fingerprint density at radius 1 is 1.10 bits per heavy atom. The van der Waals surface area contributed by atoms with Crippen molar-refractivity contribution in [1.82, 2.24) is 5.48 Å². The summed E-state index contributed by atoms with van der Waals surface area (Å²) in [6.45, 7) is 4.24. The van der Waals surface area contributed by atoms with Crippen LogP contribution in [0.1, 0.15) is 38.7 Å². The summed E-state index contributed by atoms with van der Waals surface area (Å²) in [6, 6.07) is 16.2. The monoisotopic (exact) mass is 447 g/mol. The van der Waals surface area contributed by atoms with Crippen molar-refractivity contribution in [1.29, 1.82) is 0 Å². The van der Waals surface area contributed by atoms with Crippen molar-refractivity contribution in [3.05, 3.63) is 60.2 Å². The van der Waals surface area contributed by atoms with Gasteiger partial charge in [0.25, 0.3) is 5.91 Å². The van der Waals surface area contributed by atoms with Crippen molar-refractivity contribution in [3.63, 3.8) is 0 Å². The lowest BCUT2D eigenvalue weighted by Gasteiger charge is -2.34. The van der Waals surface area contributed by atoms with Gasteiger partial charge in [0.2, 0.25) is 0 Å². The number of hydrogen-bond donors (Lipinski definition) is 2. The molecule has 1 aliphatic rings. The van der Waals surface area contributed by atoms with Crippen LogP contribution in [0, 0.1) is 0 Å². The van der Waals surface area contributed by atoms with Gasteiger partial charge in [-0.1, -0.05) is 30.3 Å². The summed E-state index contributed by atoms with van der Waals surface area (Å²) in [4.78, 5) is 12.3. The van der Waals surface area contributed by atoms with Crippen molar-refractivity contribution in [2.24, 2.45) is 0 Å². The molecule has 31 heavy (non-hydrogen) atoms. The quantitative estimate of drug-likeness (QED) is 0.476. The Labute approximate surface area is 183 Å². The Morgan fingerprint density at radius 3 is 2.29 bits per heavy atom. The van der Waals surface area contributed by atoms with E-state index in [4.69, 9.17) is 14.7 Å². The van der Waals surface area contributed by atoms with Crippen LogP contribution in [0.25, 0.3) is 0 Å². The second-order valence-electron chi connectivity index (χ2n) is 8.37. The van der Waals surface area contributed by atoms with E-state index in [1.807, 2.05) is 32.0 Å². The van der Waals surface area contributed by atoms with E-state index in [0.717, 1.165) is 12.8 Å². The number of sulfone groups is 1. The third-order valence-electron chi connectivity index (χ3n) is 5.72. The zero-order valence-electron chi connectivity index (χ0n) is 17.8. The normalized spacial score (nSPS) is 16.5. The molecule has 0 unspecified atom stereocenters. The largest absolute Gasteiger partial charge is 0.488 e. The Balaban J connectivity index is 1.74. The highest BCUT2D eigenvalue weighted by molar-refractivity contribution is 7.93. The van der Waals surface area contributed by atoms with Crippen molar-refractivity contribution in [2.45, 2.75) is 54.8 Å². The topological polar surface area (TPSA) is 102 Å². The molecule has 1 aliphatic heterocycles. The fourth-order valence-corrected chi connectivity index (χ4v) is 5.73. The number of nitrogens with one attached hydrogen (secondary N) is 1. The molecule has 8 heteroatoms. The molecule has 2 aromatic carbocycles. The molecule has 0 spiro atoms. The van der Waals surface area contributed by atoms with Crippen molar-refractivity contribution >= 4 is 15.7 Å². The highest BCUT2D eigenvalue weighted by Crippen LogP contribution is 2.36. The number of hydroxylamine groups is 1. The zero-order chi connectivity index (χ0) is 22.5. The van der Waals surface area contributed by atoms with Crippen LogP contribution in [0.15, 0.2) is 59.5 Å². The number of carbonyl (C=O) groups is 1. The number of rotatable bonds is 8. The average molecular weight is 448 g/mol. The molecular formula is C23H29NO6S. The molecule has 3 rings (SSSR count). The number of ether oxygens (including phenoxy) is 2. The van der Waals surface area contributed by atoms with Gasteiger partial charge in [0.15, 0.2) is 14.6 Å². The number of benzene rings is 2. The third-order valence-corrected chi connectivity index (χ3v) is 8.23. The molecule has 2 aromatic rings. The summed E-state index contributed by atoms with van der Waals surface area (Å²) in [5, 5.41) is 9.14. The lowest BCUT2D eigenvalue weighted by atomic mass is 9.98. The molecule has 0 atom stereocenters. The van der Waals surface area contributed by atoms with Crippen LogP contribution in [0.3, 0.4) is 0 Å². The Hall–Kier alpha value is -2.42. The molecule has 0 radical (unpaired) electrons. The molecule has 1 amide bonds. The molecule has 0 aromatic heterocycles. The predicted molar refractivity (Wildman–Crippen MR) is 116 cm³/mol. The number of aryl methyl sites for hydroxylation is 1. The first kappa shape index (κ1) is 23.2. The van der Waals surface area contributed by atoms with Crippen LogP contribution < -0.4 is 10.2 Å². The van der Waals surface area contributed by atoms with Crippen LogP contribution >= 0.6 is 0 Å². The van der Waals surface area contributed by atoms with E-state index < -0.39 is 26.1 Å². The molecule has 2 N–H and O–H groups in total. The summed E-state index contributed by atoms with van der Waals surface area (Å²) in [5.74, 6) is -0.386. The molecule has 1 saturated heterocycles. The van der Waals surface area contributed by atoms with Gasteiger partial charge in [0, 0.05) is 13.2 Å². The summed E-state index contributed by atoms with van der Waals surface area (Å²) < 4.78 is 36.2. The van der Waals surface area contributed by atoms with Gasteiger partial charge < -0.3 is 9.47 Å². The SMILES string of the molecule is CC(C)(CCc1ccccc1)Oc1ccc(S(=O)(=O)C2(C(=O)NO)CCOCC2)cc1. The summed E-state index contributed by atoms with van der Waals surface area (Å²) >= 11 is 0. The van der Waals surface area contributed by atoms with Crippen molar-refractivity contribution < 1.29 is 27.9 Å². The fraction of sp³-hybridized carbons (Fsp3) is 0.435. The number of carbonyl (C=O) groups excluding carboxylic acids is 1. The maximum atomic E-state index is 13.3. The van der Waals surface area contributed by atoms with Crippen molar-refractivity contribution in [2.75, 3.05) is 13.2 Å². The first-order chi connectivity index (χ1) is 14.7. The van der Waals surface area contributed by atoms with Crippen LogP contribution in [-0.4, -0.2) is 43.1 Å². The molecule has 0 aliphatic carbocycles. The number of hydrogen-bond acceptors (Lipinski definition) is 6. The van der Waals surface area contributed by atoms with Gasteiger partial charge in [-0.2, -0.15) is 0 Å². The van der Waals surface area contributed by atoms with E-state index in [2.05, 4.69) is 12.1 Å². The molecule has 0 bridgehead atoms. The lowest BCUT2D eigenvalue weighted by molar-refractivity contribution is -0.134. The first-order valence-electron chi connectivity index (χ1n) is 10.3. The minimum atomic E-state index is -4.05. The highest BCUT2D eigenvalue weighted by Gasteiger charge is 2.52. The van der Waals surface area contributed by atoms with Gasteiger partial charge in [-0.25, -0.2) is 13.9 Å². The van der Waals surface area contributed by atoms with E-state index in [1.54, 1.807) is 12.1 Å². The van der Waals surface area contributed by atoms with E-state index in [9.17, 15) is 13.2 Å². The molecule has 0 saturated carbocycles. The lowest BCUT2D eigenvalue weighted by Crippen LogP contribution is -2.54. The predicted octanol–water partition coefficient (Wildman–Crippen LogP) is 3.31. The standard InChI is InChI=1S/C23H29NO6S/c1-22(2,13-12-18-6-4-3-5-7-18)30-19-8-10-20(11-9-19)31(27,28)23(21(25)24-26)14-16-29-17-15-23/h3-11,26H,12-17H2,1-2H3,(H,24,25). The van der Waals surface area contributed by atoms with Gasteiger partial charge in [0.1, 0.15) is 11.4 Å². The second-order valence-corrected chi connectivity index (χ2v) is 10.6. The summed E-state index contributed by atoms with van der Waals surface area (Å²) in [5.41, 5.74) is 2.30. The van der Waals surface area contributed by atoms with E-state index in [1.165, 1.54) is 23.2 Å². The molecular weight excluding hydrogens is 418 g/mol. The smallest absolute Gasteiger partial charge is 0.265 e. The molecule has 168 valence electrons. The number of amides is 1. The maximum Gasteiger partial charge on any atom is 0.265 e. The second kappa shape index (κ2) is 9.38. The van der Waals surface area contributed by atoms with Crippen LogP contribution in [0.5, 0.6) is 5.75 Å². The maximum absolute atomic E-state index is 13.3. The summed E-state index contributed by atoms with van der Waals surface area (Å²) in [7, 11) is -4.05. The molecule has 7 nitrogen and oxygen atoms in total. The van der Waals surface area contributed by atoms with Gasteiger partial charge in [-0.15, -0.1) is 0 Å². The van der Waals surface area contributed by atoms with Crippen LogP contribution in [0.2, 0.25) is 0 Å². The van der Waals surface area contributed by atoms with Gasteiger partial charge in [-0.3, -0.25) is 10.0 Å². The Morgan fingerprint density at radius 2 is 1.71 bits per heavy atom.